The minimum Gasteiger partial charge on any atom is -0.247 e. The molecule has 3 aromatic heterocycles. The molecule has 172 valence electrons. The van der Waals surface area contributed by atoms with E-state index in [0.717, 1.165) is 34.5 Å². The van der Waals surface area contributed by atoms with Gasteiger partial charge in [-0.25, -0.2) is 14.5 Å². The van der Waals surface area contributed by atoms with Crippen LogP contribution < -0.4 is 4.57 Å². The van der Waals surface area contributed by atoms with Gasteiger partial charge in [0.25, 0.3) is 5.65 Å². The van der Waals surface area contributed by atoms with Crippen molar-refractivity contribution in [3.8, 4) is 0 Å². The molecule has 0 saturated carbocycles. The Morgan fingerprint density at radius 2 is 1.79 bits per heavy atom. The van der Waals surface area contributed by atoms with E-state index in [2.05, 4.69) is 108 Å². The van der Waals surface area contributed by atoms with Crippen molar-refractivity contribution < 1.29 is 4.57 Å². The van der Waals surface area contributed by atoms with Gasteiger partial charge >= 0.3 is 0 Å². The molecular formula is C29H37N4+. The van der Waals surface area contributed by atoms with Crippen molar-refractivity contribution in [3.05, 3.63) is 60.2 Å². The van der Waals surface area contributed by atoms with Crippen LogP contribution in [0.3, 0.4) is 0 Å². The number of aromatic nitrogens is 4. The van der Waals surface area contributed by atoms with Crippen molar-refractivity contribution in [3.63, 3.8) is 0 Å². The van der Waals surface area contributed by atoms with Crippen LogP contribution in [0.25, 0.3) is 27.6 Å². The molecule has 1 aliphatic heterocycles. The Labute approximate surface area is 197 Å². The molecule has 4 nitrogen and oxygen atoms in total. The molecule has 0 fully saturated rings. The molecule has 4 aromatic rings. The standard InChI is InChI=1S/C29H37N4/c1-11-28(9)18-14-13-15-19-22(18)23-24(25(31-19)27(6,7)8)32-17-30-20(26(3,4)5)16-21(32)33(23)29(28,10)12-2/h12-17H,2,11H2,1,3-10H3/q+1. The van der Waals surface area contributed by atoms with Gasteiger partial charge in [0.05, 0.1) is 28.4 Å². The van der Waals surface area contributed by atoms with Gasteiger partial charge in [-0.15, -0.1) is 0 Å². The number of pyridine rings is 1. The normalized spacial score (nSPS) is 23.2. The minimum absolute atomic E-state index is 0.0445. The van der Waals surface area contributed by atoms with Crippen LogP contribution in [0, 0.1) is 0 Å². The largest absolute Gasteiger partial charge is 0.291 e. The van der Waals surface area contributed by atoms with Crippen molar-refractivity contribution in [2.45, 2.75) is 90.5 Å². The molecule has 0 bridgehead atoms. The van der Waals surface area contributed by atoms with Crippen LogP contribution in [0.5, 0.6) is 0 Å². The zero-order valence-electron chi connectivity index (χ0n) is 21.7. The summed E-state index contributed by atoms with van der Waals surface area (Å²) in [6.07, 6.45) is 5.17. The number of fused-ring (bicyclic) bond motifs is 3. The summed E-state index contributed by atoms with van der Waals surface area (Å²) in [5.74, 6) is 0. The summed E-state index contributed by atoms with van der Waals surface area (Å²) in [6, 6.07) is 8.93. The molecule has 0 aliphatic carbocycles. The second-order valence-electron chi connectivity index (χ2n) is 12.2. The first-order chi connectivity index (χ1) is 15.3. The van der Waals surface area contributed by atoms with Gasteiger partial charge in [0.2, 0.25) is 5.52 Å². The Bertz CT molecular complexity index is 1460. The molecule has 0 saturated heterocycles. The average molecular weight is 442 g/mol. The van der Waals surface area contributed by atoms with E-state index in [9.17, 15) is 0 Å². The van der Waals surface area contributed by atoms with Gasteiger partial charge in [-0.3, -0.25) is 0 Å². The number of allylic oxidation sites excluding steroid dienone is 1. The van der Waals surface area contributed by atoms with E-state index in [1.54, 1.807) is 0 Å². The third kappa shape index (κ3) is 2.61. The lowest BCUT2D eigenvalue weighted by Crippen LogP contribution is -2.65. The van der Waals surface area contributed by atoms with Gasteiger partial charge in [0.1, 0.15) is 5.54 Å². The fourth-order valence-electron chi connectivity index (χ4n) is 5.85. The van der Waals surface area contributed by atoms with E-state index in [1.807, 2.05) is 6.33 Å². The summed E-state index contributed by atoms with van der Waals surface area (Å²) in [5.41, 5.74) is 7.59. The summed E-state index contributed by atoms with van der Waals surface area (Å²) in [4.78, 5) is 10.2. The molecule has 1 aromatic carbocycles. The highest BCUT2D eigenvalue weighted by molar-refractivity contribution is 6.05. The lowest BCUT2D eigenvalue weighted by molar-refractivity contribution is -0.714. The predicted octanol–water partition coefficient (Wildman–Crippen LogP) is 6.50. The van der Waals surface area contributed by atoms with Gasteiger partial charge in [0, 0.05) is 16.2 Å². The van der Waals surface area contributed by atoms with Crippen LogP contribution in [0.2, 0.25) is 0 Å². The van der Waals surface area contributed by atoms with E-state index >= 15 is 0 Å². The fourth-order valence-corrected chi connectivity index (χ4v) is 5.85. The van der Waals surface area contributed by atoms with Crippen LogP contribution in [0.15, 0.2) is 43.2 Å². The Morgan fingerprint density at radius 1 is 1.09 bits per heavy atom. The van der Waals surface area contributed by atoms with Gasteiger partial charge in [-0.2, -0.15) is 4.40 Å². The van der Waals surface area contributed by atoms with Crippen molar-refractivity contribution in [2.24, 2.45) is 0 Å². The number of benzene rings is 1. The lowest BCUT2D eigenvalue weighted by Gasteiger charge is -2.45. The predicted molar refractivity (Wildman–Crippen MR) is 137 cm³/mol. The molecule has 2 atom stereocenters. The third-order valence-corrected chi connectivity index (χ3v) is 8.24. The second-order valence-corrected chi connectivity index (χ2v) is 12.2. The minimum atomic E-state index is -0.316. The summed E-state index contributed by atoms with van der Waals surface area (Å²) >= 11 is 0. The highest BCUT2D eigenvalue weighted by Gasteiger charge is 2.54. The van der Waals surface area contributed by atoms with E-state index in [0.29, 0.717) is 0 Å². The van der Waals surface area contributed by atoms with E-state index < -0.39 is 0 Å². The van der Waals surface area contributed by atoms with Crippen molar-refractivity contribution in [1.82, 2.24) is 14.4 Å². The average Bonchev–Trinajstić information content (AvgIpc) is 3.10. The highest BCUT2D eigenvalue weighted by Crippen LogP contribution is 2.50. The zero-order valence-corrected chi connectivity index (χ0v) is 21.7. The SMILES string of the molecule is C=CC1(C)[n+]2c3c4c(cccc4nc(C(C)(C)C)c3n3cnc(C(C)(C)C)cc32)C1(C)CC. The molecule has 4 heteroatoms. The number of imidazole rings is 1. The number of hydrogen-bond donors (Lipinski definition) is 0. The highest BCUT2D eigenvalue weighted by atomic mass is 15.2. The van der Waals surface area contributed by atoms with Crippen molar-refractivity contribution in [1.29, 1.82) is 0 Å². The van der Waals surface area contributed by atoms with Crippen molar-refractivity contribution >= 4 is 27.6 Å². The topological polar surface area (TPSA) is 34.1 Å². The van der Waals surface area contributed by atoms with E-state index in [-0.39, 0.29) is 21.8 Å². The van der Waals surface area contributed by atoms with Gasteiger partial charge in [-0.1, -0.05) is 74.1 Å². The third-order valence-electron chi connectivity index (χ3n) is 8.24. The summed E-state index contributed by atoms with van der Waals surface area (Å²) in [7, 11) is 0. The molecule has 0 amide bonds. The molecule has 33 heavy (non-hydrogen) atoms. The fraction of sp³-hybridized carbons (Fsp3) is 0.483. The van der Waals surface area contributed by atoms with E-state index in [1.165, 1.54) is 16.5 Å². The first-order valence-corrected chi connectivity index (χ1v) is 12.1. The number of rotatable bonds is 2. The van der Waals surface area contributed by atoms with Crippen LogP contribution >= 0.6 is 0 Å². The van der Waals surface area contributed by atoms with Crippen molar-refractivity contribution in [2.75, 3.05) is 0 Å². The Morgan fingerprint density at radius 3 is 2.36 bits per heavy atom. The van der Waals surface area contributed by atoms with E-state index in [4.69, 9.17) is 9.97 Å². The van der Waals surface area contributed by atoms with Crippen LogP contribution in [-0.4, -0.2) is 14.4 Å². The molecule has 4 heterocycles. The summed E-state index contributed by atoms with van der Waals surface area (Å²) in [6.45, 7) is 24.8. The smallest absolute Gasteiger partial charge is 0.247 e. The summed E-state index contributed by atoms with van der Waals surface area (Å²) < 4.78 is 4.82. The van der Waals surface area contributed by atoms with Crippen LogP contribution in [0.1, 0.15) is 85.7 Å². The Hall–Kier alpha value is -2.75. The number of nitrogens with zero attached hydrogens (tertiary/aromatic N) is 4. The second kappa shape index (κ2) is 6.43. The summed E-state index contributed by atoms with van der Waals surface area (Å²) in [5, 5.41) is 1.27. The molecule has 0 N–H and O–H groups in total. The molecular weight excluding hydrogens is 404 g/mol. The monoisotopic (exact) mass is 441 g/mol. The first kappa shape index (κ1) is 22.1. The van der Waals surface area contributed by atoms with Crippen LogP contribution in [0.4, 0.5) is 0 Å². The van der Waals surface area contributed by atoms with Gasteiger partial charge in [0.15, 0.2) is 11.8 Å². The molecule has 1 aliphatic rings. The molecule has 5 rings (SSSR count). The lowest BCUT2D eigenvalue weighted by atomic mass is 9.62. The molecule has 0 spiro atoms. The quantitative estimate of drug-likeness (QED) is 0.263. The van der Waals surface area contributed by atoms with Gasteiger partial charge < -0.3 is 0 Å². The first-order valence-electron chi connectivity index (χ1n) is 12.1. The van der Waals surface area contributed by atoms with Gasteiger partial charge in [-0.05, 0) is 31.1 Å². The number of hydrogen-bond acceptors (Lipinski definition) is 2. The molecule has 0 radical (unpaired) electrons. The maximum Gasteiger partial charge on any atom is 0.291 e. The maximum atomic E-state index is 5.29. The van der Waals surface area contributed by atoms with Crippen LogP contribution in [-0.2, 0) is 21.8 Å². The maximum absolute atomic E-state index is 5.29. The Kier molecular flexibility index (Phi) is 4.30. The molecule has 2 unspecified atom stereocenters. The Balaban J connectivity index is 2.17. The zero-order chi connectivity index (χ0) is 24.1.